The van der Waals surface area contributed by atoms with Gasteiger partial charge in [0, 0.05) is 18.0 Å². The fourth-order valence-electron chi connectivity index (χ4n) is 1.94. The second-order valence-corrected chi connectivity index (χ2v) is 7.06. The van der Waals surface area contributed by atoms with Gasteiger partial charge in [-0.25, -0.2) is 13.1 Å². The van der Waals surface area contributed by atoms with E-state index in [-0.39, 0.29) is 11.4 Å². The molecule has 1 aliphatic rings. The van der Waals surface area contributed by atoms with Gasteiger partial charge >= 0.3 is 0 Å². The van der Waals surface area contributed by atoms with E-state index in [0.29, 0.717) is 24.7 Å². The number of benzene rings is 1. The van der Waals surface area contributed by atoms with Crippen LogP contribution in [0.5, 0.6) is 0 Å². The average molecular weight is 320 g/mol. The normalized spacial score (nSPS) is 18.4. The number of halogens is 1. The summed E-state index contributed by atoms with van der Waals surface area (Å²) in [5, 5.41) is 0.433. The van der Waals surface area contributed by atoms with Crippen LogP contribution in [0.3, 0.4) is 0 Å². The standard InChI is InChI=1S/C13H18ClNO4S/c1-10-3-4-11(9-12(10)14)20(16,17)15-6-5-13(2)18-7-8-19-13/h3-4,9,15H,5-8H2,1-2H3. The first-order valence-electron chi connectivity index (χ1n) is 6.36. The van der Waals surface area contributed by atoms with Crippen molar-refractivity contribution in [2.24, 2.45) is 0 Å². The summed E-state index contributed by atoms with van der Waals surface area (Å²) in [4.78, 5) is 0.159. The van der Waals surface area contributed by atoms with Crippen LogP contribution >= 0.6 is 11.6 Å². The van der Waals surface area contributed by atoms with Crippen molar-refractivity contribution in [2.45, 2.75) is 31.0 Å². The summed E-state index contributed by atoms with van der Waals surface area (Å²) in [5.41, 5.74) is 0.839. The minimum atomic E-state index is -3.56. The molecule has 7 heteroatoms. The van der Waals surface area contributed by atoms with Crippen LogP contribution in [0.25, 0.3) is 0 Å². The summed E-state index contributed by atoms with van der Waals surface area (Å²) in [6.07, 6.45) is 0.450. The average Bonchev–Trinajstić information content (AvgIpc) is 2.79. The van der Waals surface area contributed by atoms with E-state index in [0.717, 1.165) is 5.56 Å². The van der Waals surface area contributed by atoms with Crippen LogP contribution in [0.2, 0.25) is 5.02 Å². The maximum atomic E-state index is 12.1. The molecule has 0 atom stereocenters. The smallest absolute Gasteiger partial charge is 0.240 e. The van der Waals surface area contributed by atoms with Crippen LogP contribution in [0.15, 0.2) is 23.1 Å². The monoisotopic (exact) mass is 319 g/mol. The summed E-state index contributed by atoms with van der Waals surface area (Å²) in [6.45, 7) is 4.94. The highest BCUT2D eigenvalue weighted by Crippen LogP contribution is 2.23. The molecule has 0 unspecified atom stereocenters. The van der Waals surface area contributed by atoms with Crippen molar-refractivity contribution in [3.8, 4) is 0 Å². The minimum absolute atomic E-state index is 0.159. The predicted molar refractivity (Wildman–Crippen MR) is 76.3 cm³/mol. The van der Waals surface area contributed by atoms with Crippen LogP contribution in [0, 0.1) is 6.92 Å². The van der Waals surface area contributed by atoms with E-state index >= 15 is 0 Å². The second kappa shape index (κ2) is 5.99. The van der Waals surface area contributed by atoms with Gasteiger partial charge in [-0.2, -0.15) is 0 Å². The Labute approximate surface area is 124 Å². The zero-order chi connectivity index (χ0) is 14.8. The van der Waals surface area contributed by atoms with Gasteiger partial charge in [0.05, 0.1) is 18.1 Å². The lowest BCUT2D eigenvalue weighted by Gasteiger charge is -2.22. The van der Waals surface area contributed by atoms with Crippen LogP contribution in [-0.4, -0.2) is 34.0 Å². The summed E-state index contributed by atoms with van der Waals surface area (Å²) >= 11 is 5.95. The molecule has 112 valence electrons. The SMILES string of the molecule is Cc1ccc(S(=O)(=O)NCCC2(C)OCCO2)cc1Cl. The molecule has 1 aliphatic heterocycles. The molecule has 0 bridgehead atoms. The third-order valence-corrected chi connectivity index (χ3v) is 5.09. The maximum Gasteiger partial charge on any atom is 0.240 e. The lowest BCUT2D eigenvalue weighted by Crippen LogP contribution is -2.33. The highest BCUT2D eigenvalue weighted by molar-refractivity contribution is 7.89. The van der Waals surface area contributed by atoms with E-state index in [1.165, 1.54) is 12.1 Å². The summed E-state index contributed by atoms with van der Waals surface area (Å²) in [5.74, 6) is -0.701. The van der Waals surface area contributed by atoms with Crippen LogP contribution in [0.4, 0.5) is 0 Å². The predicted octanol–water partition coefficient (Wildman–Crippen LogP) is 2.08. The summed E-state index contributed by atoms with van der Waals surface area (Å²) in [7, 11) is -3.56. The molecule has 1 aromatic rings. The lowest BCUT2D eigenvalue weighted by molar-refractivity contribution is -0.145. The number of rotatable bonds is 5. The highest BCUT2D eigenvalue weighted by atomic mass is 35.5. The Morgan fingerprint density at radius 1 is 1.35 bits per heavy atom. The van der Waals surface area contributed by atoms with Crippen molar-refractivity contribution in [1.82, 2.24) is 4.72 Å². The third kappa shape index (κ3) is 3.71. The zero-order valence-electron chi connectivity index (χ0n) is 11.5. The van der Waals surface area contributed by atoms with Gasteiger partial charge in [-0.3, -0.25) is 0 Å². The molecule has 0 aliphatic carbocycles. The van der Waals surface area contributed by atoms with Gasteiger partial charge in [0.25, 0.3) is 0 Å². The van der Waals surface area contributed by atoms with Gasteiger partial charge in [-0.05, 0) is 31.5 Å². The first-order valence-corrected chi connectivity index (χ1v) is 8.22. The Bertz CT molecular complexity index is 582. The van der Waals surface area contributed by atoms with Crippen molar-refractivity contribution >= 4 is 21.6 Å². The first kappa shape index (κ1) is 15.7. The Hall–Kier alpha value is -0.660. The molecule has 5 nitrogen and oxygen atoms in total. The fraction of sp³-hybridized carbons (Fsp3) is 0.538. The number of nitrogens with one attached hydrogen (secondary N) is 1. The van der Waals surface area contributed by atoms with Crippen molar-refractivity contribution in [2.75, 3.05) is 19.8 Å². The van der Waals surface area contributed by atoms with Crippen LogP contribution in [-0.2, 0) is 19.5 Å². The molecule has 1 N–H and O–H groups in total. The quantitative estimate of drug-likeness (QED) is 0.902. The molecule has 0 aromatic heterocycles. The molecule has 20 heavy (non-hydrogen) atoms. The van der Waals surface area contributed by atoms with E-state index < -0.39 is 15.8 Å². The molecule has 0 saturated carbocycles. The van der Waals surface area contributed by atoms with E-state index in [4.69, 9.17) is 21.1 Å². The fourth-order valence-corrected chi connectivity index (χ4v) is 3.24. The molecule has 0 radical (unpaired) electrons. The van der Waals surface area contributed by atoms with Crippen molar-refractivity contribution in [3.63, 3.8) is 0 Å². The van der Waals surface area contributed by atoms with Crippen molar-refractivity contribution < 1.29 is 17.9 Å². The van der Waals surface area contributed by atoms with Gasteiger partial charge in [0.2, 0.25) is 10.0 Å². The second-order valence-electron chi connectivity index (χ2n) is 4.89. The number of hydrogen-bond donors (Lipinski definition) is 1. The number of hydrogen-bond acceptors (Lipinski definition) is 4. The minimum Gasteiger partial charge on any atom is -0.348 e. The van der Waals surface area contributed by atoms with E-state index in [1.807, 2.05) is 6.92 Å². The number of sulfonamides is 1. The van der Waals surface area contributed by atoms with Gasteiger partial charge < -0.3 is 9.47 Å². The van der Waals surface area contributed by atoms with Crippen LogP contribution in [0.1, 0.15) is 18.9 Å². The Morgan fingerprint density at radius 2 is 2.00 bits per heavy atom. The first-order chi connectivity index (χ1) is 9.32. The van der Waals surface area contributed by atoms with Crippen LogP contribution < -0.4 is 4.72 Å². The third-order valence-electron chi connectivity index (χ3n) is 3.22. The van der Waals surface area contributed by atoms with Gasteiger partial charge in [-0.1, -0.05) is 17.7 Å². The largest absolute Gasteiger partial charge is 0.348 e. The molecular weight excluding hydrogens is 302 g/mol. The molecule has 1 aromatic carbocycles. The maximum absolute atomic E-state index is 12.1. The Balaban J connectivity index is 1.98. The highest BCUT2D eigenvalue weighted by Gasteiger charge is 2.30. The Morgan fingerprint density at radius 3 is 2.60 bits per heavy atom. The molecule has 2 rings (SSSR count). The van der Waals surface area contributed by atoms with E-state index in [9.17, 15) is 8.42 Å². The summed E-state index contributed by atoms with van der Waals surface area (Å²) < 4.78 is 37.6. The van der Waals surface area contributed by atoms with Gasteiger partial charge in [-0.15, -0.1) is 0 Å². The molecule has 0 amide bonds. The molecule has 1 fully saturated rings. The lowest BCUT2D eigenvalue weighted by atomic mass is 10.2. The number of aryl methyl sites for hydroxylation is 1. The Kier molecular flexibility index (Phi) is 4.71. The molecule has 1 heterocycles. The molecular formula is C13H18ClNO4S. The van der Waals surface area contributed by atoms with Gasteiger partial charge in [0.15, 0.2) is 5.79 Å². The van der Waals surface area contributed by atoms with E-state index in [1.54, 1.807) is 13.0 Å². The zero-order valence-corrected chi connectivity index (χ0v) is 13.1. The molecule has 0 spiro atoms. The molecule has 1 saturated heterocycles. The van der Waals surface area contributed by atoms with Crippen molar-refractivity contribution in [3.05, 3.63) is 28.8 Å². The topological polar surface area (TPSA) is 64.6 Å². The van der Waals surface area contributed by atoms with E-state index in [2.05, 4.69) is 4.72 Å². The van der Waals surface area contributed by atoms with Gasteiger partial charge in [0.1, 0.15) is 0 Å². The van der Waals surface area contributed by atoms with Crippen molar-refractivity contribution in [1.29, 1.82) is 0 Å². The number of ether oxygens (including phenoxy) is 2. The summed E-state index contributed by atoms with van der Waals surface area (Å²) in [6, 6.07) is 4.67.